The normalized spacial score (nSPS) is 12.7. The first kappa shape index (κ1) is 19.3. The number of hydrogen-bond donors (Lipinski definition) is 0. The van der Waals surface area contributed by atoms with Gasteiger partial charge in [-0.3, -0.25) is 0 Å². The average Bonchev–Trinajstić information content (AvgIpc) is 2.70. The molecule has 0 N–H and O–H groups in total. The van der Waals surface area contributed by atoms with Crippen LogP contribution >= 0.6 is 7.05 Å². The molecule has 0 saturated carbocycles. The standard InChI is InChI=1S/C24H27N2P/c1-20(24(2,3)4)25-26-27(21-14-8-5-9-15-21,22-16-10-6-11-17-22)23-18-12-7-13-19-23/h5-19H,1-4H3/b25-20+. The lowest BCUT2D eigenvalue weighted by Crippen LogP contribution is -2.25. The summed E-state index contributed by atoms with van der Waals surface area (Å²) in [6.45, 7) is 8.60. The SMILES string of the molecule is C/C(=N\N=P(c1ccccc1)(c1ccccc1)c1ccccc1)C(C)(C)C. The van der Waals surface area contributed by atoms with Crippen molar-refractivity contribution in [2.75, 3.05) is 0 Å². The van der Waals surface area contributed by atoms with Crippen molar-refractivity contribution in [2.45, 2.75) is 27.7 Å². The Morgan fingerprint density at radius 2 is 0.963 bits per heavy atom. The Bertz CT molecular complexity index is 850. The van der Waals surface area contributed by atoms with Gasteiger partial charge in [0.05, 0.1) is 7.05 Å². The average molecular weight is 374 g/mol. The Morgan fingerprint density at radius 1 is 0.630 bits per heavy atom. The smallest absolute Gasteiger partial charge is 0.0837 e. The van der Waals surface area contributed by atoms with Gasteiger partial charge < -0.3 is 0 Å². The molecule has 2 nitrogen and oxygen atoms in total. The molecule has 138 valence electrons. The lowest BCUT2D eigenvalue weighted by atomic mass is 9.91. The van der Waals surface area contributed by atoms with Gasteiger partial charge in [0.25, 0.3) is 0 Å². The summed E-state index contributed by atoms with van der Waals surface area (Å²) in [4.78, 5) is 5.13. The highest BCUT2D eigenvalue weighted by Gasteiger charge is 2.28. The molecule has 3 aromatic carbocycles. The van der Waals surface area contributed by atoms with Gasteiger partial charge in [-0.05, 0) is 6.92 Å². The predicted molar refractivity (Wildman–Crippen MR) is 120 cm³/mol. The Morgan fingerprint density at radius 3 is 1.26 bits per heavy atom. The fourth-order valence-corrected chi connectivity index (χ4v) is 6.10. The second-order valence-electron chi connectivity index (χ2n) is 7.67. The number of hydrogen-bond acceptors (Lipinski definition) is 1. The van der Waals surface area contributed by atoms with Crippen LogP contribution < -0.4 is 15.9 Å². The van der Waals surface area contributed by atoms with E-state index in [0.717, 1.165) is 5.71 Å². The van der Waals surface area contributed by atoms with E-state index in [1.807, 2.05) is 0 Å². The highest BCUT2D eigenvalue weighted by atomic mass is 31.2. The third kappa shape index (κ3) is 4.12. The Balaban J connectivity index is 2.40. The van der Waals surface area contributed by atoms with Gasteiger partial charge in [-0.25, -0.2) is 0 Å². The molecule has 3 aromatic rings. The van der Waals surface area contributed by atoms with Gasteiger partial charge in [0, 0.05) is 27.0 Å². The van der Waals surface area contributed by atoms with Crippen molar-refractivity contribution < 1.29 is 0 Å². The van der Waals surface area contributed by atoms with Gasteiger partial charge in [-0.2, -0.15) is 9.96 Å². The topological polar surface area (TPSA) is 24.7 Å². The molecule has 0 spiro atoms. The minimum Gasteiger partial charge on any atom is -0.160 e. The maximum atomic E-state index is 5.13. The summed E-state index contributed by atoms with van der Waals surface area (Å²) in [7, 11) is -2.24. The van der Waals surface area contributed by atoms with Crippen LogP contribution in [0.2, 0.25) is 0 Å². The van der Waals surface area contributed by atoms with E-state index in [1.165, 1.54) is 15.9 Å². The molecule has 0 saturated heterocycles. The van der Waals surface area contributed by atoms with Gasteiger partial charge in [0.2, 0.25) is 0 Å². The van der Waals surface area contributed by atoms with E-state index in [0.29, 0.717) is 0 Å². The second-order valence-corrected chi connectivity index (χ2v) is 10.7. The molecule has 0 bridgehead atoms. The lowest BCUT2D eigenvalue weighted by Gasteiger charge is -2.26. The molecule has 0 unspecified atom stereocenters. The van der Waals surface area contributed by atoms with Crippen molar-refractivity contribution in [3.8, 4) is 0 Å². The molecule has 0 fully saturated rings. The highest BCUT2D eigenvalue weighted by molar-refractivity contribution is 7.87. The zero-order valence-electron chi connectivity index (χ0n) is 16.5. The first-order valence-corrected chi connectivity index (χ1v) is 11.0. The maximum Gasteiger partial charge on any atom is 0.0837 e. The van der Waals surface area contributed by atoms with E-state index in [4.69, 9.17) is 9.96 Å². The summed E-state index contributed by atoms with van der Waals surface area (Å²) >= 11 is 0. The van der Waals surface area contributed by atoms with Crippen LogP contribution in [-0.2, 0) is 0 Å². The van der Waals surface area contributed by atoms with E-state index in [2.05, 4.69) is 119 Å². The summed E-state index contributed by atoms with van der Waals surface area (Å²) < 4.78 is 0. The minimum absolute atomic E-state index is 0.0107. The molecule has 0 radical (unpaired) electrons. The van der Waals surface area contributed by atoms with Crippen LogP contribution in [0.3, 0.4) is 0 Å². The molecular weight excluding hydrogens is 347 g/mol. The zero-order chi connectivity index (χ0) is 19.3. The maximum absolute atomic E-state index is 5.13. The molecule has 0 aliphatic rings. The van der Waals surface area contributed by atoms with Crippen LogP contribution in [0.5, 0.6) is 0 Å². The van der Waals surface area contributed by atoms with Crippen LogP contribution in [0.4, 0.5) is 0 Å². The van der Waals surface area contributed by atoms with Gasteiger partial charge in [-0.15, -0.1) is 0 Å². The second kappa shape index (κ2) is 8.06. The summed E-state index contributed by atoms with van der Waals surface area (Å²) in [6.07, 6.45) is 0. The van der Waals surface area contributed by atoms with Crippen molar-refractivity contribution in [3.05, 3.63) is 91.0 Å². The van der Waals surface area contributed by atoms with Crippen LogP contribution in [0.15, 0.2) is 101 Å². The Kier molecular flexibility index (Phi) is 5.77. The van der Waals surface area contributed by atoms with Crippen molar-refractivity contribution in [2.24, 2.45) is 15.4 Å². The monoisotopic (exact) mass is 374 g/mol. The molecule has 0 aliphatic heterocycles. The number of rotatable bonds is 4. The highest BCUT2D eigenvalue weighted by Crippen LogP contribution is 2.46. The first-order valence-electron chi connectivity index (χ1n) is 9.28. The third-order valence-corrected chi connectivity index (χ3v) is 8.30. The number of nitrogens with zero attached hydrogens (tertiary/aromatic N) is 2. The fourth-order valence-electron chi connectivity index (χ4n) is 2.82. The molecule has 3 rings (SSSR count). The molecule has 0 aromatic heterocycles. The Labute approximate surface area is 163 Å². The van der Waals surface area contributed by atoms with Gasteiger partial charge >= 0.3 is 0 Å². The largest absolute Gasteiger partial charge is 0.160 e. The van der Waals surface area contributed by atoms with E-state index in [9.17, 15) is 0 Å². The number of benzene rings is 3. The summed E-state index contributed by atoms with van der Waals surface area (Å²) in [6, 6.07) is 31.8. The van der Waals surface area contributed by atoms with Crippen LogP contribution in [0, 0.1) is 5.41 Å². The molecule has 0 atom stereocenters. The van der Waals surface area contributed by atoms with Crippen molar-refractivity contribution in [1.82, 2.24) is 0 Å². The molecular formula is C24H27N2P. The first-order chi connectivity index (χ1) is 12.9. The molecule has 0 heterocycles. The lowest BCUT2D eigenvalue weighted by molar-refractivity contribution is 0.586. The van der Waals surface area contributed by atoms with E-state index < -0.39 is 7.05 Å². The molecule has 0 aliphatic carbocycles. The summed E-state index contributed by atoms with van der Waals surface area (Å²) in [5.41, 5.74) is 1.03. The molecule has 3 heteroatoms. The van der Waals surface area contributed by atoms with Gasteiger partial charge in [0.15, 0.2) is 0 Å². The predicted octanol–water partition coefficient (Wildman–Crippen LogP) is 5.59. The van der Waals surface area contributed by atoms with Crippen molar-refractivity contribution in [1.29, 1.82) is 0 Å². The molecule has 0 amide bonds. The van der Waals surface area contributed by atoms with Crippen molar-refractivity contribution in [3.63, 3.8) is 0 Å². The van der Waals surface area contributed by atoms with Crippen LogP contribution in [0.25, 0.3) is 0 Å². The van der Waals surface area contributed by atoms with Crippen molar-refractivity contribution >= 4 is 28.7 Å². The van der Waals surface area contributed by atoms with Crippen LogP contribution in [0.1, 0.15) is 27.7 Å². The molecule has 27 heavy (non-hydrogen) atoms. The van der Waals surface area contributed by atoms with Crippen LogP contribution in [-0.4, -0.2) is 5.71 Å². The zero-order valence-corrected chi connectivity index (χ0v) is 17.4. The minimum atomic E-state index is -2.24. The summed E-state index contributed by atoms with van der Waals surface area (Å²) in [5, 5.41) is 8.43. The summed E-state index contributed by atoms with van der Waals surface area (Å²) in [5.74, 6) is 0. The quantitative estimate of drug-likeness (QED) is 0.323. The van der Waals surface area contributed by atoms with E-state index >= 15 is 0 Å². The van der Waals surface area contributed by atoms with E-state index in [1.54, 1.807) is 0 Å². The van der Waals surface area contributed by atoms with Gasteiger partial charge in [0.1, 0.15) is 0 Å². The van der Waals surface area contributed by atoms with E-state index in [-0.39, 0.29) is 5.41 Å². The third-order valence-electron chi connectivity index (χ3n) is 4.80. The Hall–Kier alpha value is -2.44. The fraction of sp³-hybridized carbons (Fsp3) is 0.208. The van der Waals surface area contributed by atoms with Gasteiger partial charge in [-0.1, -0.05) is 112 Å².